The highest BCUT2D eigenvalue weighted by Crippen LogP contribution is 2.33. The van der Waals surface area contributed by atoms with E-state index in [2.05, 4.69) is 60.8 Å². The molecule has 2 aromatic rings. The van der Waals surface area contributed by atoms with Gasteiger partial charge in [0.05, 0.1) is 19.8 Å². The number of rotatable bonds is 3. The maximum absolute atomic E-state index is 4.41. The summed E-state index contributed by atoms with van der Waals surface area (Å²) in [5, 5.41) is 12.6. The Hall–Kier alpha value is -1.75. The molecule has 1 aliphatic rings. The summed E-state index contributed by atoms with van der Waals surface area (Å²) in [6.07, 6.45) is 6.14. The van der Waals surface area contributed by atoms with Crippen LogP contribution in [-0.2, 0) is 5.54 Å². The molecule has 1 N–H and O–H groups in total. The van der Waals surface area contributed by atoms with Crippen LogP contribution < -0.4 is 4.90 Å². The van der Waals surface area contributed by atoms with E-state index < -0.39 is 0 Å². The Bertz CT molecular complexity index is 593. The molecule has 21 heavy (non-hydrogen) atoms. The smallest absolute Gasteiger partial charge is 0.217 e. The second-order valence-electron chi connectivity index (χ2n) is 6.39. The summed E-state index contributed by atoms with van der Waals surface area (Å²) < 4.78 is 1.93. The SMILES string of the molecule is Cc1ccc(-n2nnnc2C2([NH+](C)C)CCCCC2)cc1. The van der Waals surface area contributed by atoms with Crippen molar-refractivity contribution in [3.63, 3.8) is 0 Å². The average Bonchev–Trinajstić information content (AvgIpc) is 2.98. The van der Waals surface area contributed by atoms with Gasteiger partial charge in [0.1, 0.15) is 0 Å². The van der Waals surface area contributed by atoms with Crippen LogP contribution in [0.25, 0.3) is 5.69 Å². The van der Waals surface area contributed by atoms with E-state index in [1.807, 2.05) is 4.68 Å². The Morgan fingerprint density at radius 1 is 1.05 bits per heavy atom. The number of hydrogen-bond acceptors (Lipinski definition) is 3. The average molecular weight is 286 g/mol. The fraction of sp³-hybridized carbons (Fsp3) is 0.562. The molecule has 0 amide bonds. The molecule has 0 unspecified atom stereocenters. The van der Waals surface area contributed by atoms with Crippen molar-refractivity contribution in [2.45, 2.75) is 44.6 Å². The Kier molecular flexibility index (Phi) is 3.76. The van der Waals surface area contributed by atoms with Gasteiger partial charge in [-0.2, -0.15) is 4.68 Å². The first-order chi connectivity index (χ1) is 10.1. The van der Waals surface area contributed by atoms with Gasteiger partial charge in [-0.25, -0.2) is 0 Å². The fourth-order valence-electron chi connectivity index (χ4n) is 3.45. The minimum absolute atomic E-state index is 0.0344. The molecule has 0 aliphatic heterocycles. The van der Waals surface area contributed by atoms with Crippen molar-refractivity contribution in [2.75, 3.05) is 14.1 Å². The number of benzene rings is 1. The molecule has 1 aliphatic carbocycles. The molecule has 5 nitrogen and oxygen atoms in total. The second kappa shape index (κ2) is 5.56. The third kappa shape index (κ3) is 2.46. The van der Waals surface area contributed by atoms with E-state index >= 15 is 0 Å². The summed E-state index contributed by atoms with van der Waals surface area (Å²) in [4.78, 5) is 1.42. The van der Waals surface area contributed by atoms with Crippen molar-refractivity contribution in [3.8, 4) is 5.69 Å². The van der Waals surface area contributed by atoms with Crippen LogP contribution in [0.15, 0.2) is 24.3 Å². The highest BCUT2D eigenvalue weighted by Gasteiger charge is 2.45. The number of nitrogens with zero attached hydrogens (tertiary/aromatic N) is 4. The van der Waals surface area contributed by atoms with Gasteiger partial charge in [-0.05, 0) is 42.3 Å². The standard InChI is InChI=1S/C16H23N5/c1-13-7-9-14(10-8-13)21-15(17-18-19-21)16(20(2)3)11-5-4-6-12-16/h7-10H,4-6,11-12H2,1-3H3/p+1. The highest BCUT2D eigenvalue weighted by atomic mass is 15.6. The largest absolute Gasteiger partial charge is 0.329 e. The minimum atomic E-state index is 0.0344. The lowest BCUT2D eigenvalue weighted by Crippen LogP contribution is -3.14. The molecule has 112 valence electrons. The van der Waals surface area contributed by atoms with E-state index in [4.69, 9.17) is 0 Å². The van der Waals surface area contributed by atoms with E-state index in [1.165, 1.54) is 29.7 Å². The number of nitrogens with one attached hydrogen (secondary N) is 1. The summed E-state index contributed by atoms with van der Waals surface area (Å²) in [6, 6.07) is 8.40. The number of aryl methyl sites for hydroxylation is 1. The predicted octanol–water partition coefficient (Wildman–Crippen LogP) is 1.27. The molecule has 1 saturated carbocycles. The summed E-state index contributed by atoms with van der Waals surface area (Å²) in [7, 11) is 4.44. The second-order valence-corrected chi connectivity index (χ2v) is 6.39. The van der Waals surface area contributed by atoms with Gasteiger partial charge >= 0.3 is 0 Å². The zero-order chi connectivity index (χ0) is 14.9. The molecule has 1 aromatic heterocycles. The van der Waals surface area contributed by atoms with Gasteiger partial charge in [0.25, 0.3) is 0 Å². The molecule has 1 fully saturated rings. The van der Waals surface area contributed by atoms with Gasteiger partial charge in [-0.1, -0.05) is 24.1 Å². The zero-order valence-corrected chi connectivity index (χ0v) is 13.1. The normalized spacial score (nSPS) is 18.1. The number of aromatic nitrogens is 4. The summed E-state index contributed by atoms with van der Waals surface area (Å²) in [5.41, 5.74) is 2.33. The van der Waals surface area contributed by atoms with Crippen molar-refractivity contribution in [2.24, 2.45) is 0 Å². The maximum Gasteiger partial charge on any atom is 0.217 e. The zero-order valence-electron chi connectivity index (χ0n) is 13.1. The van der Waals surface area contributed by atoms with Gasteiger partial charge in [0.2, 0.25) is 5.82 Å². The molecule has 0 saturated heterocycles. The van der Waals surface area contributed by atoms with E-state index in [9.17, 15) is 0 Å². The van der Waals surface area contributed by atoms with E-state index in [1.54, 1.807) is 0 Å². The molecular weight excluding hydrogens is 262 g/mol. The molecule has 0 spiro atoms. The third-order valence-corrected chi connectivity index (χ3v) is 4.84. The number of tetrazole rings is 1. The molecule has 0 bridgehead atoms. The Morgan fingerprint density at radius 2 is 1.71 bits per heavy atom. The van der Waals surface area contributed by atoms with Crippen molar-refractivity contribution in [3.05, 3.63) is 35.7 Å². The Labute approximate surface area is 126 Å². The van der Waals surface area contributed by atoms with Crippen LogP contribution in [0.2, 0.25) is 0 Å². The predicted molar refractivity (Wildman–Crippen MR) is 81.5 cm³/mol. The lowest BCUT2D eigenvalue weighted by Gasteiger charge is -2.38. The first-order valence-electron chi connectivity index (χ1n) is 7.80. The molecular formula is C16H24N5+. The van der Waals surface area contributed by atoms with E-state index in [0.29, 0.717) is 0 Å². The van der Waals surface area contributed by atoms with Crippen molar-refractivity contribution in [1.82, 2.24) is 20.2 Å². The summed E-state index contributed by atoms with van der Waals surface area (Å²) in [5.74, 6) is 1.01. The third-order valence-electron chi connectivity index (χ3n) is 4.84. The van der Waals surface area contributed by atoms with Crippen LogP contribution in [0.3, 0.4) is 0 Å². The van der Waals surface area contributed by atoms with Crippen molar-refractivity contribution >= 4 is 0 Å². The molecule has 1 aromatic carbocycles. The first kappa shape index (κ1) is 14.2. The van der Waals surface area contributed by atoms with Crippen LogP contribution in [-0.4, -0.2) is 34.3 Å². The Morgan fingerprint density at radius 3 is 2.33 bits per heavy atom. The van der Waals surface area contributed by atoms with Gasteiger partial charge < -0.3 is 4.90 Å². The first-order valence-corrected chi connectivity index (χ1v) is 7.80. The quantitative estimate of drug-likeness (QED) is 0.924. The molecule has 0 radical (unpaired) electrons. The number of quaternary nitrogens is 1. The lowest BCUT2D eigenvalue weighted by atomic mass is 9.80. The van der Waals surface area contributed by atoms with Gasteiger partial charge in [-0.15, -0.1) is 5.10 Å². The van der Waals surface area contributed by atoms with Crippen LogP contribution >= 0.6 is 0 Å². The Balaban J connectivity index is 2.06. The van der Waals surface area contributed by atoms with Gasteiger partial charge in [0, 0.05) is 12.8 Å². The van der Waals surface area contributed by atoms with Crippen LogP contribution in [0.1, 0.15) is 43.5 Å². The monoisotopic (exact) mass is 286 g/mol. The van der Waals surface area contributed by atoms with E-state index in [-0.39, 0.29) is 5.54 Å². The highest BCUT2D eigenvalue weighted by molar-refractivity contribution is 5.34. The molecule has 0 atom stereocenters. The van der Waals surface area contributed by atoms with Gasteiger partial charge in [-0.3, -0.25) is 0 Å². The summed E-state index contributed by atoms with van der Waals surface area (Å²) >= 11 is 0. The van der Waals surface area contributed by atoms with Crippen LogP contribution in [0, 0.1) is 6.92 Å². The lowest BCUT2D eigenvalue weighted by molar-refractivity contribution is -0.927. The van der Waals surface area contributed by atoms with Gasteiger partial charge in [0.15, 0.2) is 5.54 Å². The van der Waals surface area contributed by atoms with Crippen LogP contribution in [0.5, 0.6) is 0 Å². The van der Waals surface area contributed by atoms with Crippen molar-refractivity contribution < 1.29 is 4.90 Å². The fourth-order valence-corrected chi connectivity index (χ4v) is 3.45. The number of hydrogen-bond donors (Lipinski definition) is 1. The van der Waals surface area contributed by atoms with Crippen LogP contribution in [0.4, 0.5) is 0 Å². The minimum Gasteiger partial charge on any atom is -0.329 e. The molecule has 5 heteroatoms. The molecule has 3 rings (SSSR count). The topological polar surface area (TPSA) is 48.0 Å². The van der Waals surface area contributed by atoms with E-state index in [0.717, 1.165) is 24.4 Å². The summed E-state index contributed by atoms with van der Waals surface area (Å²) in [6.45, 7) is 2.09. The molecule has 1 heterocycles. The maximum atomic E-state index is 4.41. The van der Waals surface area contributed by atoms with Crippen molar-refractivity contribution in [1.29, 1.82) is 0 Å².